The minimum atomic E-state index is -0.0547. The van der Waals surface area contributed by atoms with Gasteiger partial charge in [0.2, 0.25) is 5.91 Å². The number of hydrogen-bond acceptors (Lipinski definition) is 6. The highest BCUT2D eigenvalue weighted by atomic mass is 32.2. The van der Waals surface area contributed by atoms with E-state index in [9.17, 15) is 4.79 Å². The molecule has 1 aromatic heterocycles. The Hall–Kier alpha value is -3.78. The Morgan fingerprint density at radius 2 is 1.66 bits per heavy atom. The van der Waals surface area contributed by atoms with Crippen molar-refractivity contribution in [3.63, 3.8) is 0 Å². The summed E-state index contributed by atoms with van der Waals surface area (Å²) in [6, 6.07) is 25.5. The standard InChI is InChI=1S/C27H28N4O3S/c1-19(20-9-5-4-6-10-20)17-28-25(32)18-35-27-30-29-26(23-11-7-8-12-24(23)34-3)31(27)21-13-15-22(33-2)16-14-21/h4-16,19H,17-18H2,1-3H3,(H,28,32). The summed E-state index contributed by atoms with van der Waals surface area (Å²) in [5.74, 6) is 2.47. The number of thioether (sulfide) groups is 1. The molecule has 7 nitrogen and oxygen atoms in total. The van der Waals surface area contributed by atoms with Gasteiger partial charge in [0.1, 0.15) is 11.5 Å². The van der Waals surface area contributed by atoms with Gasteiger partial charge >= 0.3 is 0 Å². The van der Waals surface area contributed by atoms with Crippen molar-refractivity contribution in [1.82, 2.24) is 20.1 Å². The van der Waals surface area contributed by atoms with Crippen molar-refractivity contribution in [2.75, 3.05) is 26.5 Å². The van der Waals surface area contributed by atoms with Crippen molar-refractivity contribution in [2.24, 2.45) is 0 Å². The van der Waals surface area contributed by atoms with Crippen LogP contribution >= 0.6 is 11.8 Å². The first-order valence-corrected chi connectivity index (χ1v) is 12.3. The second-order valence-electron chi connectivity index (χ2n) is 7.94. The second-order valence-corrected chi connectivity index (χ2v) is 8.89. The highest BCUT2D eigenvalue weighted by Crippen LogP contribution is 2.33. The number of ether oxygens (including phenoxy) is 2. The van der Waals surface area contributed by atoms with Crippen LogP contribution < -0.4 is 14.8 Å². The zero-order chi connectivity index (χ0) is 24.6. The zero-order valence-corrected chi connectivity index (χ0v) is 20.8. The predicted octanol–water partition coefficient (Wildman–Crippen LogP) is 4.96. The molecule has 0 fully saturated rings. The second kappa shape index (κ2) is 11.6. The van der Waals surface area contributed by atoms with Gasteiger partial charge in [0.25, 0.3) is 0 Å². The summed E-state index contributed by atoms with van der Waals surface area (Å²) >= 11 is 1.34. The fourth-order valence-electron chi connectivity index (χ4n) is 3.68. The Kier molecular flexibility index (Phi) is 8.05. The highest BCUT2D eigenvalue weighted by molar-refractivity contribution is 7.99. The van der Waals surface area contributed by atoms with E-state index in [0.717, 1.165) is 17.0 Å². The molecule has 3 aromatic carbocycles. The lowest BCUT2D eigenvalue weighted by Gasteiger charge is -2.14. The molecule has 8 heteroatoms. The van der Waals surface area contributed by atoms with E-state index in [-0.39, 0.29) is 17.6 Å². The molecule has 0 aliphatic carbocycles. The van der Waals surface area contributed by atoms with Crippen LogP contribution in [0.5, 0.6) is 11.5 Å². The van der Waals surface area contributed by atoms with Gasteiger partial charge in [0, 0.05) is 6.54 Å². The molecule has 0 saturated carbocycles. The quantitative estimate of drug-likeness (QED) is 0.318. The first kappa shape index (κ1) is 24.3. The van der Waals surface area contributed by atoms with Crippen molar-refractivity contribution in [3.05, 3.63) is 84.4 Å². The summed E-state index contributed by atoms with van der Waals surface area (Å²) in [5, 5.41) is 12.5. The summed E-state index contributed by atoms with van der Waals surface area (Å²) in [7, 11) is 3.26. The SMILES string of the molecule is COc1ccc(-n2c(SCC(=O)NCC(C)c3ccccc3)nnc2-c2ccccc2OC)cc1. The van der Waals surface area contributed by atoms with Gasteiger partial charge in [-0.15, -0.1) is 10.2 Å². The summed E-state index contributed by atoms with van der Waals surface area (Å²) < 4.78 is 12.8. The fraction of sp³-hybridized carbons (Fsp3) is 0.222. The first-order valence-electron chi connectivity index (χ1n) is 11.3. The Morgan fingerprint density at radius 1 is 0.943 bits per heavy atom. The molecular formula is C27H28N4O3S. The van der Waals surface area contributed by atoms with E-state index in [1.165, 1.54) is 17.3 Å². The molecule has 0 bridgehead atoms. The van der Waals surface area contributed by atoms with Gasteiger partial charge in [-0.1, -0.05) is 61.2 Å². The van der Waals surface area contributed by atoms with E-state index in [2.05, 4.69) is 34.6 Å². The van der Waals surface area contributed by atoms with Crippen LogP contribution in [0.15, 0.2) is 84.0 Å². The van der Waals surface area contributed by atoms with Gasteiger partial charge in [-0.05, 0) is 47.9 Å². The molecule has 0 radical (unpaired) electrons. The molecule has 0 spiro atoms. The van der Waals surface area contributed by atoms with Crippen LogP contribution in [0.3, 0.4) is 0 Å². The highest BCUT2D eigenvalue weighted by Gasteiger charge is 2.20. The predicted molar refractivity (Wildman–Crippen MR) is 138 cm³/mol. The van der Waals surface area contributed by atoms with E-state index >= 15 is 0 Å². The Bertz CT molecular complexity index is 1260. The van der Waals surface area contributed by atoms with Crippen molar-refractivity contribution in [1.29, 1.82) is 0 Å². The molecule has 180 valence electrons. The fourth-order valence-corrected chi connectivity index (χ4v) is 4.46. The zero-order valence-electron chi connectivity index (χ0n) is 20.0. The topological polar surface area (TPSA) is 78.3 Å². The molecule has 1 atom stereocenters. The van der Waals surface area contributed by atoms with Gasteiger partial charge in [-0.3, -0.25) is 9.36 Å². The number of carbonyl (C=O) groups is 1. The number of methoxy groups -OCH3 is 2. The third kappa shape index (κ3) is 5.84. The lowest BCUT2D eigenvalue weighted by molar-refractivity contribution is -0.118. The van der Waals surface area contributed by atoms with Crippen molar-refractivity contribution in [3.8, 4) is 28.6 Å². The van der Waals surface area contributed by atoms with Crippen LogP contribution in [0.2, 0.25) is 0 Å². The third-order valence-corrected chi connectivity index (χ3v) is 6.55. The molecule has 1 N–H and O–H groups in total. The summed E-state index contributed by atoms with van der Waals surface area (Å²) in [4.78, 5) is 12.6. The van der Waals surface area contributed by atoms with Crippen LogP contribution in [0.1, 0.15) is 18.4 Å². The van der Waals surface area contributed by atoms with Crippen LogP contribution in [-0.2, 0) is 4.79 Å². The maximum Gasteiger partial charge on any atom is 0.230 e. The molecule has 35 heavy (non-hydrogen) atoms. The number of amides is 1. The lowest BCUT2D eigenvalue weighted by atomic mass is 10.0. The van der Waals surface area contributed by atoms with Gasteiger partial charge in [0.05, 0.1) is 31.2 Å². The van der Waals surface area contributed by atoms with E-state index in [0.29, 0.717) is 23.3 Å². The van der Waals surface area contributed by atoms with E-state index < -0.39 is 0 Å². The monoisotopic (exact) mass is 488 g/mol. The number of hydrogen-bond donors (Lipinski definition) is 1. The van der Waals surface area contributed by atoms with Gasteiger partial charge < -0.3 is 14.8 Å². The van der Waals surface area contributed by atoms with Gasteiger partial charge in [-0.25, -0.2) is 0 Å². The van der Waals surface area contributed by atoms with Crippen LogP contribution in [0.4, 0.5) is 0 Å². The molecule has 1 amide bonds. The Labute approximate surface area is 209 Å². The number of carbonyl (C=O) groups excluding carboxylic acids is 1. The maximum absolute atomic E-state index is 12.6. The number of nitrogens with one attached hydrogen (secondary N) is 1. The molecule has 0 aliphatic heterocycles. The molecule has 0 aliphatic rings. The Morgan fingerprint density at radius 3 is 2.37 bits per heavy atom. The molecular weight excluding hydrogens is 460 g/mol. The largest absolute Gasteiger partial charge is 0.497 e. The average Bonchev–Trinajstić information content (AvgIpc) is 3.34. The normalized spacial score (nSPS) is 11.6. The van der Waals surface area contributed by atoms with Crippen LogP contribution in [0.25, 0.3) is 17.1 Å². The number of nitrogens with zero attached hydrogens (tertiary/aromatic N) is 3. The molecule has 1 unspecified atom stereocenters. The van der Waals surface area contributed by atoms with E-state index in [1.807, 2.05) is 71.3 Å². The number of aromatic nitrogens is 3. The number of rotatable bonds is 10. The van der Waals surface area contributed by atoms with Crippen LogP contribution in [0, 0.1) is 0 Å². The lowest BCUT2D eigenvalue weighted by Crippen LogP contribution is -2.29. The minimum absolute atomic E-state index is 0.0547. The smallest absolute Gasteiger partial charge is 0.230 e. The van der Waals surface area contributed by atoms with Gasteiger partial charge in [0.15, 0.2) is 11.0 Å². The van der Waals surface area contributed by atoms with Crippen molar-refractivity contribution >= 4 is 17.7 Å². The summed E-state index contributed by atoms with van der Waals surface area (Å²) in [6.45, 7) is 2.67. The average molecular weight is 489 g/mol. The number of benzene rings is 3. The van der Waals surface area contributed by atoms with E-state index in [1.54, 1.807) is 14.2 Å². The third-order valence-electron chi connectivity index (χ3n) is 5.62. The molecule has 4 aromatic rings. The molecule has 0 saturated heterocycles. The maximum atomic E-state index is 12.6. The molecule has 1 heterocycles. The summed E-state index contributed by atoms with van der Waals surface area (Å²) in [6.07, 6.45) is 0. The van der Waals surface area contributed by atoms with Crippen molar-refractivity contribution in [2.45, 2.75) is 18.0 Å². The van der Waals surface area contributed by atoms with Gasteiger partial charge in [-0.2, -0.15) is 0 Å². The number of para-hydroxylation sites is 1. The first-order chi connectivity index (χ1) is 17.1. The Balaban J connectivity index is 1.54. The van der Waals surface area contributed by atoms with E-state index in [4.69, 9.17) is 9.47 Å². The van der Waals surface area contributed by atoms with Crippen LogP contribution in [-0.4, -0.2) is 47.2 Å². The molecule has 4 rings (SSSR count). The van der Waals surface area contributed by atoms with Crippen molar-refractivity contribution < 1.29 is 14.3 Å². The summed E-state index contributed by atoms with van der Waals surface area (Å²) in [5.41, 5.74) is 2.87. The minimum Gasteiger partial charge on any atom is -0.497 e.